The van der Waals surface area contributed by atoms with Crippen molar-refractivity contribution in [3.8, 4) is 0 Å². The van der Waals surface area contributed by atoms with Gasteiger partial charge in [-0.15, -0.1) is 24.0 Å². The monoisotopic (exact) mass is 498 g/mol. The van der Waals surface area contributed by atoms with E-state index in [0.29, 0.717) is 24.6 Å². The summed E-state index contributed by atoms with van der Waals surface area (Å²) >= 11 is 0. The van der Waals surface area contributed by atoms with Gasteiger partial charge in [-0.05, 0) is 11.1 Å². The van der Waals surface area contributed by atoms with Gasteiger partial charge in [-0.1, -0.05) is 24.3 Å². The summed E-state index contributed by atoms with van der Waals surface area (Å²) in [6.45, 7) is -0.423. The van der Waals surface area contributed by atoms with E-state index >= 15 is 0 Å². The van der Waals surface area contributed by atoms with Crippen molar-refractivity contribution in [3.05, 3.63) is 47.5 Å². The fourth-order valence-electron chi connectivity index (χ4n) is 2.16. The van der Waals surface area contributed by atoms with E-state index in [1.807, 2.05) is 6.07 Å². The number of guanidine groups is 1. The molecule has 0 unspecified atom stereocenters. The van der Waals surface area contributed by atoms with Crippen molar-refractivity contribution in [2.45, 2.75) is 25.9 Å². The number of alkyl halides is 3. The van der Waals surface area contributed by atoms with Crippen LogP contribution in [-0.2, 0) is 31.5 Å². The topological polar surface area (TPSA) is 76.4 Å². The van der Waals surface area contributed by atoms with E-state index in [-0.39, 0.29) is 30.6 Å². The molecule has 1 aromatic carbocycles. The SMILES string of the molecule is CN=C(NCc1cccc(COCC(F)(F)F)c1)NCc1ncnn1C.I. The van der Waals surface area contributed by atoms with Crippen molar-refractivity contribution < 1.29 is 17.9 Å². The van der Waals surface area contributed by atoms with Crippen molar-refractivity contribution in [2.75, 3.05) is 13.7 Å². The molecule has 27 heavy (non-hydrogen) atoms. The number of nitrogens with one attached hydrogen (secondary N) is 2. The highest BCUT2D eigenvalue weighted by atomic mass is 127. The molecule has 2 rings (SSSR count). The van der Waals surface area contributed by atoms with E-state index < -0.39 is 12.8 Å². The second kappa shape index (κ2) is 11.1. The Kier molecular flexibility index (Phi) is 9.49. The van der Waals surface area contributed by atoms with Gasteiger partial charge in [-0.25, -0.2) is 4.98 Å². The van der Waals surface area contributed by atoms with Crippen LogP contribution in [0.5, 0.6) is 0 Å². The highest BCUT2D eigenvalue weighted by molar-refractivity contribution is 14.0. The smallest absolute Gasteiger partial charge is 0.367 e. The van der Waals surface area contributed by atoms with Crippen LogP contribution in [0.2, 0.25) is 0 Å². The summed E-state index contributed by atoms with van der Waals surface area (Å²) in [5.41, 5.74) is 1.58. The molecule has 150 valence electrons. The summed E-state index contributed by atoms with van der Waals surface area (Å²) in [6.07, 6.45) is -2.85. The van der Waals surface area contributed by atoms with Crippen molar-refractivity contribution in [1.82, 2.24) is 25.4 Å². The first-order valence-corrected chi connectivity index (χ1v) is 7.87. The van der Waals surface area contributed by atoms with E-state index in [9.17, 15) is 13.2 Å². The summed E-state index contributed by atoms with van der Waals surface area (Å²) in [4.78, 5) is 8.23. The quantitative estimate of drug-likeness (QED) is 0.349. The number of aromatic nitrogens is 3. The zero-order chi connectivity index (χ0) is 19.0. The Morgan fingerprint density at radius 3 is 2.56 bits per heavy atom. The molecule has 0 aliphatic rings. The Morgan fingerprint density at radius 2 is 1.93 bits per heavy atom. The third kappa shape index (κ3) is 8.56. The summed E-state index contributed by atoms with van der Waals surface area (Å²) in [5.74, 6) is 1.34. The number of hydrogen-bond acceptors (Lipinski definition) is 4. The molecule has 0 fully saturated rings. The number of rotatable bonds is 7. The number of nitrogens with zero attached hydrogens (tertiary/aromatic N) is 4. The molecule has 7 nitrogen and oxygen atoms in total. The van der Waals surface area contributed by atoms with Gasteiger partial charge in [0, 0.05) is 20.6 Å². The molecule has 1 heterocycles. The van der Waals surface area contributed by atoms with Gasteiger partial charge in [0.1, 0.15) is 18.8 Å². The molecule has 0 aliphatic heterocycles. The fraction of sp³-hybridized carbons (Fsp3) is 0.438. The van der Waals surface area contributed by atoms with Gasteiger partial charge < -0.3 is 15.4 Å². The molecule has 1 aromatic heterocycles. The molecule has 0 bridgehead atoms. The Labute approximate surface area is 172 Å². The Bertz CT molecular complexity index is 735. The average molecular weight is 498 g/mol. The first kappa shape index (κ1) is 23.1. The molecule has 2 N–H and O–H groups in total. The lowest BCUT2D eigenvalue weighted by Crippen LogP contribution is -2.36. The third-order valence-electron chi connectivity index (χ3n) is 3.43. The molecular formula is C16H22F3IN6O. The number of aryl methyl sites for hydroxylation is 1. The highest BCUT2D eigenvalue weighted by Crippen LogP contribution is 2.16. The lowest BCUT2D eigenvalue weighted by molar-refractivity contribution is -0.176. The molecule has 0 saturated heterocycles. The molecular weight excluding hydrogens is 476 g/mol. The summed E-state index contributed by atoms with van der Waals surface area (Å²) in [5, 5.41) is 10.2. The maximum absolute atomic E-state index is 12.1. The van der Waals surface area contributed by atoms with Crippen LogP contribution < -0.4 is 10.6 Å². The molecule has 11 heteroatoms. The lowest BCUT2D eigenvalue weighted by atomic mass is 10.1. The molecule has 0 amide bonds. The van der Waals surface area contributed by atoms with E-state index in [0.717, 1.165) is 11.4 Å². The largest absolute Gasteiger partial charge is 0.411 e. The molecule has 0 spiro atoms. The zero-order valence-electron chi connectivity index (χ0n) is 15.0. The van der Waals surface area contributed by atoms with E-state index in [1.54, 1.807) is 37.0 Å². The van der Waals surface area contributed by atoms with Crippen molar-refractivity contribution in [3.63, 3.8) is 0 Å². The normalized spacial score (nSPS) is 11.8. The molecule has 0 atom stereocenters. The second-order valence-electron chi connectivity index (χ2n) is 5.51. The predicted octanol–water partition coefficient (Wildman–Crippen LogP) is 2.38. The van der Waals surface area contributed by atoms with Gasteiger partial charge in [-0.2, -0.15) is 18.3 Å². The van der Waals surface area contributed by atoms with Crippen LogP contribution >= 0.6 is 24.0 Å². The van der Waals surface area contributed by atoms with Gasteiger partial charge in [0.15, 0.2) is 5.96 Å². The van der Waals surface area contributed by atoms with Crippen LogP contribution in [0.3, 0.4) is 0 Å². The first-order chi connectivity index (χ1) is 12.4. The van der Waals surface area contributed by atoms with Crippen molar-refractivity contribution in [1.29, 1.82) is 0 Å². The van der Waals surface area contributed by atoms with Gasteiger partial charge in [0.25, 0.3) is 0 Å². The van der Waals surface area contributed by atoms with Gasteiger partial charge in [0.2, 0.25) is 0 Å². The van der Waals surface area contributed by atoms with Crippen LogP contribution in [0.4, 0.5) is 13.2 Å². The lowest BCUT2D eigenvalue weighted by Gasteiger charge is -2.12. The maximum atomic E-state index is 12.1. The van der Waals surface area contributed by atoms with Crippen LogP contribution in [-0.4, -0.2) is 40.6 Å². The fourth-order valence-corrected chi connectivity index (χ4v) is 2.16. The number of aliphatic imine (C=N–C) groups is 1. The Morgan fingerprint density at radius 1 is 1.22 bits per heavy atom. The average Bonchev–Trinajstić information content (AvgIpc) is 2.99. The summed E-state index contributed by atoms with van der Waals surface area (Å²) < 4.78 is 42.7. The van der Waals surface area contributed by atoms with Gasteiger partial charge in [-0.3, -0.25) is 9.67 Å². The molecule has 0 aliphatic carbocycles. The van der Waals surface area contributed by atoms with Crippen molar-refractivity contribution in [2.24, 2.45) is 12.0 Å². The minimum absolute atomic E-state index is 0. The van der Waals surface area contributed by atoms with Gasteiger partial charge in [0.05, 0.1) is 13.2 Å². The van der Waals surface area contributed by atoms with Crippen LogP contribution in [0.1, 0.15) is 17.0 Å². The molecule has 2 aromatic rings. The van der Waals surface area contributed by atoms with E-state index in [4.69, 9.17) is 0 Å². The minimum Gasteiger partial charge on any atom is -0.367 e. The van der Waals surface area contributed by atoms with Crippen LogP contribution in [0, 0.1) is 0 Å². The first-order valence-electron chi connectivity index (χ1n) is 7.87. The molecule has 0 radical (unpaired) electrons. The van der Waals surface area contributed by atoms with Crippen molar-refractivity contribution >= 4 is 29.9 Å². The van der Waals surface area contributed by atoms with Crippen LogP contribution in [0.25, 0.3) is 0 Å². The summed E-state index contributed by atoms with van der Waals surface area (Å²) in [7, 11) is 3.44. The Balaban J connectivity index is 0.00000364. The highest BCUT2D eigenvalue weighted by Gasteiger charge is 2.27. The Hall–Kier alpha value is -1.89. The maximum Gasteiger partial charge on any atom is 0.411 e. The predicted molar refractivity (Wildman–Crippen MR) is 106 cm³/mol. The van der Waals surface area contributed by atoms with Gasteiger partial charge >= 0.3 is 6.18 Å². The zero-order valence-corrected chi connectivity index (χ0v) is 17.3. The minimum atomic E-state index is -4.32. The standard InChI is InChI=1S/C16H21F3N6O.HI/c1-20-15(22-8-14-23-11-24-25(14)2)21-7-12-4-3-5-13(6-12)9-26-10-16(17,18)19;/h3-6,11H,7-10H2,1-2H3,(H2,20,21,22);1H. The van der Waals surface area contributed by atoms with Crippen LogP contribution in [0.15, 0.2) is 35.6 Å². The third-order valence-corrected chi connectivity index (χ3v) is 3.43. The van der Waals surface area contributed by atoms with E-state index in [1.165, 1.54) is 6.33 Å². The number of halogens is 4. The number of benzene rings is 1. The number of hydrogen-bond donors (Lipinski definition) is 2. The number of ether oxygens (including phenoxy) is 1. The summed E-state index contributed by atoms with van der Waals surface area (Å²) in [6, 6.07) is 7.16. The second-order valence-corrected chi connectivity index (χ2v) is 5.51. The molecule has 0 saturated carbocycles. The van der Waals surface area contributed by atoms with E-state index in [2.05, 4.69) is 30.4 Å².